The van der Waals surface area contributed by atoms with Crippen LogP contribution in [0.4, 0.5) is 0 Å². The molecule has 1 atom stereocenters. The number of ether oxygens (including phenoxy) is 2. The number of unbranched alkanes of at least 4 members (excludes halogenated alkanes) is 1. The van der Waals surface area contributed by atoms with E-state index in [1.165, 1.54) is 0 Å². The van der Waals surface area contributed by atoms with E-state index >= 15 is 0 Å². The van der Waals surface area contributed by atoms with Gasteiger partial charge in [-0.15, -0.1) is 0 Å². The number of hydrogen-bond acceptors (Lipinski definition) is 3. The Morgan fingerprint density at radius 2 is 1.84 bits per heavy atom. The van der Waals surface area contributed by atoms with Gasteiger partial charge in [-0.1, -0.05) is 25.4 Å². The van der Waals surface area contributed by atoms with Crippen molar-refractivity contribution in [1.29, 1.82) is 0 Å². The second kappa shape index (κ2) is 8.81. The molecule has 0 aliphatic rings. The predicted molar refractivity (Wildman–Crippen MR) is 76.6 cm³/mol. The van der Waals surface area contributed by atoms with Crippen molar-refractivity contribution in [2.45, 2.75) is 33.1 Å². The van der Waals surface area contributed by atoms with Gasteiger partial charge in [0.2, 0.25) is 0 Å². The molecular formula is C15H21ClO3. The largest absolute Gasteiger partial charge is 0.494 e. The number of rotatable bonds is 8. The lowest BCUT2D eigenvalue weighted by Gasteiger charge is -2.09. The number of halogens is 1. The molecule has 0 radical (unpaired) electrons. The van der Waals surface area contributed by atoms with Gasteiger partial charge in [0.25, 0.3) is 0 Å². The van der Waals surface area contributed by atoms with Crippen molar-refractivity contribution < 1.29 is 14.3 Å². The van der Waals surface area contributed by atoms with E-state index in [0.29, 0.717) is 18.2 Å². The Kier molecular flexibility index (Phi) is 7.34. The van der Waals surface area contributed by atoms with Gasteiger partial charge in [0.05, 0.1) is 19.1 Å². The summed E-state index contributed by atoms with van der Waals surface area (Å²) in [6.07, 6.45) is 2.49. The molecule has 3 nitrogen and oxygen atoms in total. The summed E-state index contributed by atoms with van der Waals surface area (Å²) in [6, 6.07) is 7.27. The number of carbonyl (C=O) groups is 1. The monoisotopic (exact) mass is 284 g/mol. The fourth-order valence-electron chi connectivity index (χ4n) is 1.41. The van der Waals surface area contributed by atoms with Crippen LogP contribution in [0.1, 0.15) is 33.1 Å². The molecule has 0 fully saturated rings. The quantitative estimate of drug-likeness (QED) is 0.533. The Balaban J connectivity index is 2.05. The van der Waals surface area contributed by atoms with Gasteiger partial charge in [0.15, 0.2) is 0 Å². The highest BCUT2D eigenvalue weighted by Crippen LogP contribution is 2.15. The van der Waals surface area contributed by atoms with Gasteiger partial charge in [0, 0.05) is 5.02 Å². The van der Waals surface area contributed by atoms with Crippen LogP contribution in [0, 0.1) is 5.92 Å². The smallest absolute Gasteiger partial charge is 0.308 e. The molecule has 1 aromatic carbocycles. The van der Waals surface area contributed by atoms with Gasteiger partial charge in [-0.3, -0.25) is 4.79 Å². The Labute approximate surface area is 119 Å². The first-order chi connectivity index (χ1) is 9.13. The Morgan fingerprint density at radius 3 is 2.47 bits per heavy atom. The second-order valence-electron chi connectivity index (χ2n) is 4.49. The van der Waals surface area contributed by atoms with Crippen LogP contribution in [0.5, 0.6) is 5.75 Å². The van der Waals surface area contributed by atoms with E-state index in [-0.39, 0.29) is 11.9 Å². The van der Waals surface area contributed by atoms with Crippen LogP contribution in [0.3, 0.4) is 0 Å². The van der Waals surface area contributed by atoms with E-state index < -0.39 is 0 Å². The maximum absolute atomic E-state index is 11.4. The first-order valence-electron chi connectivity index (χ1n) is 6.68. The third kappa shape index (κ3) is 6.48. The molecule has 0 bridgehead atoms. The first-order valence-corrected chi connectivity index (χ1v) is 7.06. The molecule has 0 spiro atoms. The zero-order chi connectivity index (χ0) is 14.1. The molecule has 1 rings (SSSR count). The van der Waals surface area contributed by atoms with Crippen LogP contribution < -0.4 is 4.74 Å². The van der Waals surface area contributed by atoms with E-state index in [9.17, 15) is 4.79 Å². The van der Waals surface area contributed by atoms with Gasteiger partial charge in [0.1, 0.15) is 5.75 Å². The van der Waals surface area contributed by atoms with Crippen LogP contribution in [0.2, 0.25) is 5.02 Å². The van der Waals surface area contributed by atoms with Crippen LogP contribution in [-0.4, -0.2) is 19.2 Å². The summed E-state index contributed by atoms with van der Waals surface area (Å²) in [4.78, 5) is 11.4. The summed E-state index contributed by atoms with van der Waals surface area (Å²) < 4.78 is 10.7. The maximum atomic E-state index is 11.4. The van der Waals surface area contributed by atoms with Crippen molar-refractivity contribution in [1.82, 2.24) is 0 Å². The van der Waals surface area contributed by atoms with Crippen molar-refractivity contribution in [2.24, 2.45) is 5.92 Å². The van der Waals surface area contributed by atoms with Gasteiger partial charge >= 0.3 is 5.97 Å². The van der Waals surface area contributed by atoms with Crippen molar-refractivity contribution >= 4 is 17.6 Å². The standard InChI is InChI=1S/C15H21ClO3/c1-3-12(2)15(17)19-11-5-4-10-18-14-8-6-13(16)7-9-14/h6-9,12H,3-5,10-11H2,1-2H3. The zero-order valence-electron chi connectivity index (χ0n) is 11.5. The van der Waals surface area contributed by atoms with Gasteiger partial charge < -0.3 is 9.47 Å². The number of esters is 1. The highest BCUT2D eigenvalue weighted by molar-refractivity contribution is 6.30. The molecule has 19 heavy (non-hydrogen) atoms. The third-order valence-electron chi connectivity index (χ3n) is 2.88. The molecule has 4 heteroatoms. The van der Waals surface area contributed by atoms with E-state index in [0.717, 1.165) is 25.0 Å². The molecule has 1 aromatic rings. The molecular weight excluding hydrogens is 264 g/mol. The molecule has 1 unspecified atom stereocenters. The molecule has 0 saturated carbocycles. The number of benzene rings is 1. The Bertz CT molecular complexity index is 375. The highest BCUT2D eigenvalue weighted by Gasteiger charge is 2.10. The lowest BCUT2D eigenvalue weighted by molar-refractivity contribution is -0.148. The molecule has 0 aliphatic carbocycles. The summed E-state index contributed by atoms with van der Waals surface area (Å²) in [6.45, 7) is 4.94. The summed E-state index contributed by atoms with van der Waals surface area (Å²) in [5, 5.41) is 0.698. The fraction of sp³-hybridized carbons (Fsp3) is 0.533. The number of hydrogen-bond donors (Lipinski definition) is 0. The van der Waals surface area contributed by atoms with Gasteiger partial charge in [-0.05, 0) is 43.5 Å². The molecule has 0 amide bonds. The predicted octanol–water partition coefficient (Wildman–Crippen LogP) is 4.09. The maximum Gasteiger partial charge on any atom is 0.308 e. The summed E-state index contributed by atoms with van der Waals surface area (Å²) in [5.74, 6) is 0.687. The molecule has 0 N–H and O–H groups in total. The molecule has 0 aliphatic heterocycles. The number of carbonyl (C=O) groups excluding carboxylic acids is 1. The summed E-state index contributed by atoms with van der Waals surface area (Å²) >= 11 is 5.78. The van der Waals surface area contributed by atoms with Crippen LogP contribution in [0.25, 0.3) is 0 Å². The molecule has 106 valence electrons. The van der Waals surface area contributed by atoms with Crippen molar-refractivity contribution in [3.05, 3.63) is 29.3 Å². The normalized spacial score (nSPS) is 11.9. The fourth-order valence-corrected chi connectivity index (χ4v) is 1.53. The van der Waals surface area contributed by atoms with E-state index in [1.807, 2.05) is 26.0 Å². The average molecular weight is 285 g/mol. The zero-order valence-corrected chi connectivity index (χ0v) is 12.3. The average Bonchev–Trinajstić information content (AvgIpc) is 2.43. The van der Waals surface area contributed by atoms with E-state index in [2.05, 4.69) is 0 Å². The lowest BCUT2D eigenvalue weighted by Crippen LogP contribution is -2.14. The van der Waals surface area contributed by atoms with E-state index in [1.54, 1.807) is 12.1 Å². The second-order valence-corrected chi connectivity index (χ2v) is 4.92. The third-order valence-corrected chi connectivity index (χ3v) is 3.13. The highest BCUT2D eigenvalue weighted by atomic mass is 35.5. The minimum atomic E-state index is -0.110. The van der Waals surface area contributed by atoms with Crippen molar-refractivity contribution in [2.75, 3.05) is 13.2 Å². The van der Waals surface area contributed by atoms with E-state index in [4.69, 9.17) is 21.1 Å². The van der Waals surface area contributed by atoms with Crippen LogP contribution in [0.15, 0.2) is 24.3 Å². The van der Waals surface area contributed by atoms with Gasteiger partial charge in [-0.25, -0.2) is 0 Å². The molecule has 0 heterocycles. The first kappa shape index (κ1) is 15.8. The molecule has 0 saturated heterocycles. The topological polar surface area (TPSA) is 35.5 Å². The minimum absolute atomic E-state index is 0.00897. The Morgan fingerprint density at radius 1 is 1.21 bits per heavy atom. The van der Waals surface area contributed by atoms with Crippen molar-refractivity contribution in [3.63, 3.8) is 0 Å². The van der Waals surface area contributed by atoms with Crippen LogP contribution >= 0.6 is 11.6 Å². The minimum Gasteiger partial charge on any atom is -0.494 e. The SMILES string of the molecule is CCC(C)C(=O)OCCCCOc1ccc(Cl)cc1. The van der Waals surface area contributed by atoms with Gasteiger partial charge in [-0.2, -0.15) is 0 Å². The lowest BCUT2D eigenvalue weighted by atomic mass is 10.1. The Hall–Kier alpha value is -1.22. The van der Waals surface area contributed by atoms with Crippen molar-refractivity contribution in [3.8, 4) is 5.75 Å². The van der Waals surface area contributed by atoms with Crippen LogP contribution in [-0.2, 0) is 9.53 Å². The summed E-state index contributed by atoms with van der Waals surface area (Å²) in [7, 11) is 0. The summed E-state index contributed by atoms with van der Waals surface area (Å²) in [5.41, 5.74) is 0. The molecule has 0 aromatic heterocycles.